The number of hydrogen-bond donors (Lipinski definition) is 2. The molecule has 0 bridgehead atoms. The third-order valence-electron chi connectivity index (χ3n) is 3.17. The van der Waals surface area contributed by atoms with Gasteiger partial charge in [-0.1, -0.05) is 38.5 Å². The summed E-state index contributed by atoms with van der Waals surface area (Å²) in [6.07, 6.45) is 2.44. The molecule has 0 fully saturated rings. The second-order valence-electron chi connectivity index (χ2n) is 4.57. The number of rotatable bonds is 6. The maximum Gasteiger partial charge on any atom is 0.0409 e. The van der Waals surface area contributed by atoms with Crippen LogP contribution in [0.2, 0.25) is 0 Å². The molecule has 3 N–H and O–H groups in total. The summed E-state index contributed by atoms with van der Waals surface area (Å²) in [6, 6.07) is 8.75. The van der Waals surface area contributed by atoms with Gasteiger partial charge in [0.15, 0.2) is 0 Å². The van der Waals surface area contributed by atoms with Crippen LogP contribution in [0.1, 0.15) is 32.3 Å². The van der Waals surface area contributed by atoms with Crippen molar-refractivity contribution in [3.63, 3.8) is 0 Å². The molecule has 0 aliphatic heterocycles. The lowest BCUT2D eigenvalue weighted by Crippen LogP contribution is -2.35. The molecule has 0 saturated carbocycles. The Kier molecular flexibility index (Phi) is 5.33. The van der Waals surface area contributed by atoms with Gasteiger partial charge >= 0.3 is 0 Å². The van der Waals surface area contributed by atoms with Gasteiger partial charge in [-0.25, -0.2) is 0 Å². The Morgan fingerprint density at radius 2 is 2.00 bits per heavy atom. The third-order valence-corrected chi connectivity index (χ3v) is 3.17. The third kappa shape index (κ3) is 3.53. The fraction of sp³-hybridized carbons (Fsp3) is 0.571. The van der Waals surface area contributed by atoms with E-state index in [1.165, 1.54) is 24.1 Å². The molecular formula is C14H24N2. The van der Waals surface area contributed by atoms with E-state index in [-0.39, 0.29) is 0 Å². The summed E-state index contributed by atoms with van der Waals surface area (Å²) in [4.78, 5) is 0. The van der Waals surface area contributed by atoms with Crippen molar-refractivity contribution in [2.45, 2.75) is 39.7 Å². The second kappa shape index (κ2) is 6.54. The van der Waals surface area contributed by atoms with Gasteiger partial charge in [0, 0.05) is 18.3 Å². The lowest BCUT2D eigenvalue weighted by atomic mass is 9.96. The molecule has 0 aliphatic rings. The first kappa shape index (κ1) is 13.0. The van der Waals surface area contributed by atoms with Crippen LogP contribution in [0.4, 0.5) is 5.69 Å². The molecule has 0 aromatic heterocycles. The Labute approximate surface area is 99.2 Å². The molecule has 2 nitrogen and oxygen atoms in total. The minimum absolute atomic E-state index is 0.376. The van der Waals surface area contributed by atoms with Crippen LogP contribution in [0.3, 0.4) is 0 Å². The summed E-state index contributed by atoms with van der Waals surface area (Å²) in [7, 11) is 0. The van der Waals surface area contributed by atoms with Crippen LogP contribution in [0.15, 0.2) is 24.3 Å². The number of benzene rings is 1. The number of anilines is 1. The van der Waals surface area contributed by atoms with E-state index in [9.17, 15) is 0 Å². The molecule has 0 heterocycles. The Balaban J connectivity index is 2.66. The van der Waals surface area contributed by atoms with Crippen LogP contribution in [0.5, 0.6) is 0 Å². The number of nitrogens with one attached hydrogen (secondary N) is 1. The number of aryl methyl sites for hydroxylation is 1. The monoisotopic (exact) mass is 220 g/mol. The first-order chi connectivity index (χ1) is 7.69. The zero-order chi connectivity index (χ0) is 12.0. The molecule has 0 spiro atoms. The second-order valence-corrected chi connectivity index (χ2v) is 4.57. The average molecular weight is 220 g/mol. The van der Waals surface area contributed by atoms with Gasteiger partial charge in [-0.2, -0.15) is 0 Å². The predicted octanol–water partition coefficient (Wildman–Crippen LogP) is 3.17. The maximum absolute atomic E-state index is 5.84. The van der Waals surface area contributed by atoms with E-state index >= 15 is 0 Å². The Hall–Kier alpha value is -1.02. The normalized spacial score (nSPS) is 14.5. The highest BCUT2D eigenvalue weighted by atomic mass is 14.9. The van der Waals surface area contributed by atoms with Crippen LogP contribution in [-0.2, 0) is 0 Å². The molecule has 2 unspecified atom stereocenters. The van der Waals surface area contributed by atoms with Crippen molar-refractivity contribution < 1.29 is 0 Å². The average Bonchev–Trinajstić information content (AvgIpc) is 2.28. The number of para-hydroxylation sites is 1. The molecule has 0 radical (unpaired) electrons. The van der Waals surface area contributed by atoms with E-state index in [1.807, 2.05) is 0 Å². The van der Waals surface area contributed by atoms with Crippen LogP contribution in [0, 0.1) is 12.8 Å². The largest absolute Gasteiger partial charge is 0.381 e. The van der Waals surface area contributed by atoms with Crippen molar-refractivity contribution in [1.29, 1.82) is 0 Å². The van der Waals surface area contributed by atoms with Crippen molar-refractivity contribution >= 4 is 5.69 Å². The van der Waals surface area contributed by atoms with Crippen molar-refractivity contribution in [2.75, 3.05) is 11.9 Å². The van der Waals surface area contributed by atoms with E-state index in [0.29, 0.717) is 18.5 Å². The van der Waals surface area contributed by atoms with Gasteiger partial charge in [0.1, 0.15) is 0 Å². The molecule has 1 rings (SSSR count). The van der Waals surface area contributed by atoms with Crippen molar-refractivity contribution in [2.24, 2.45) is 11.7 Å². The fourth-order valence-electron chi connectivity index (χ4n) is 2.02. The van der Waals surface area contributed by atoms with Crippen molar-refractivity contribution in [1.82, 2.24) is 0 Å². The first-order valence-corrected chi connectivity index (χ1v) is 6.21. The summed E-state index contributed by atoms with van der Waals surface area (Å²) in [5.41, 5.74) is 8.33. The molecule has 2 heteroatoms. The summed E-state index contributed by atoms with van der Waals surface area (Å²) in [5.74, 6) is 0.620. The van der Waals surface area contributed by atoms with Gasteiger partial charge in [-0.3, -0.25) is 0 Å². The summed E-state index contributed by atoms with van der Waals surface area (Å²) >= 11 is 0. The zero-order valence-corrected chi connectivity index (χ0v) is 10.7. The molecule has 1 aromatic rings. The van der Waals surface area contributed by atoms with Crippen LogP contribution in [-0.4, -0.2) is 12.6 Å². The van der Waals surface area contributed by atoms with Crippen molar-refractivity contribution in [3.8, 4) is 0 Å². The van der Waals surface area contributed by atoms with Gasteiger partial charge in [0.25, 0.3) is 0 Å². The van der Waals surface area contributed by atoms with E-state index < -0.39 is 0 Å². The topological polar surface area (TPSA) is 38.0 Å². The highest BCUT2D eigenvalue weighted by Gasteiger charge is 2.15. The lowest BCUT2D eigenvalue weighted by Gasteiger charge is -2.25. The molecule has 2 atom stereocenters. The number of nitrogens with two attached hydrogens (primary N) is 1. The first-order valence-electron chi connectivity index (χ1n) is 6.21. The van der Waals surface area contributed by atoms with Crippen molar-refractivity contribution in [3.05, 3.63) is 29.8 Å². The summed E-state index contributed by atoms with van der Waals surface area (Å²) in [5, 5.41) is 3.56. The number of hydrogen-bond acceptors (Lipinski definition) is 2. The quantitative estimate of drug-likeness (QED) is 0.772. The lowest BCUT2D eigenvalue weighted by molar-refractivity contribution is 0.450. The molecule has 1 aromatic carbocycles. The van der Waals surface area contributed by atoms with Gasteiger partial charge in [-0.05, 0) is 30.9 Å². The molecule has 0 saturated heterocycles. The minimum Gasteiger partial charge on any atom is -0.381 e. The highest BCUT2D eigenvalue weighted by Crippen LogP contribution is 2.19. The standard InChI is InChI=1S/C14H24N2/c1-4-7-11(2)14(10-15)16-13-9-6-5-8-12(13)3/h5-6,8-9,11,14,16H,4,7,10,15H2,1-3H3. The molecule has 0 amide bonds. The van der Waals surface area contributed by atoms with Crippen LogP contribution >= 0.6 is 0 Å². The SMILES string of the molecule is CCCC(C)C(CN)Nc1ccccc1C. The van der Waals surface area contributed by atoms with E-state index in [2.05, 4.69) is 50.4 Å². The summed E-state index contributed by atoms with van der Waals surface area (Å²) < 4.78 is 0. The fourth-order valence-corrected chi connectivity index (χ4v) is 2.02. The highest BCUT2D eigenvalue weighted by molar-refractivity contribution is 5.51. The Morgan fingerprint density at radius 3 is 2.56 bits per heavy atom. The molecule has 0 aliphatic carbocycles. The van der Waals surface area contributed by atoms with Gasteiger partial charge in [-0.15, -0.1) is 0 Å². The van der Waals surface area contributed by atoms with Gasteiger partial charge < -0.3 is 11.1 Å². The smallest absolute Gasteiger partial charge is 0.0409 e. The van der Waals surface area contributed by atoms with Gasteiger partial charge in [0.05, 0.1) is 0 Å². The van der Waals surface area contributed by atoms with Crippen LogP contribution in [0.25, 0.3) is 0 Å². The van der Waals surface area contributed by atoms with Crippen LogP contribution < -0.4 is 11.1 Å². The minimum atomic E-state index is 0.376. The van der Waals surface area contributed by atoms with E-state index in [1.54, 1.807) is 0 Å². The van der Waals surface area contributed by atoms with E-state index in [4.69, 9.17) is 5.73 Å². The maximum atomic E-state index is 5.84. The molecular weight excluding hydrogens is 196 g/mol. The molecule has 90 valence electrons. The zero-order valence-electron chi connectivity index (χ0n) is 10.7. The molecule has 16 heavy (non-hydrogen) atoms. The predicted molar refractivity (Wildman–Crippen MR) is 71.7 cm³/mol. The Bertz CT molecular complexity index is 309. The Morgan fingerprint density at radius 1 is 1.31 bits per heavy atom. The summed E-state index contributed by atoms with van der Waals surface area (Å²) in [6.45, 7) is 7.31. The van der Waals surface area contributed by atoms with Gasteiger partial charge in [0.2, 0.25) is 0 Å². The van der Waals surface area contributed by atoms with E-state index in [0.717, 1.165) is 0 Å².